The number of ether oxygens (including phenoxy) is 1. The number of carbonyl (C=O) groups is 1. The number of thiophene rings is 2. The van der Waals surface area contributed by atoms with Crippen LogP contribution in [0.3, 0.4) is 0 Å². The van der Waals surface area contributed by atoms with E-state index in [2.05, 4.69) is 25.9 Å². The lowest BCUT2D eigenvalue weighted by Gasteiger charge is -1.99. The number of fused-ring (bicyclic) bond motifs is 1. The molecule has 0 fully saturated rings. The molecule has 0 aliphatic carbocycles. The van der Waals surface area contributed by atoms with Crippen LogP contribution in [0.2, 0.25) is 0 Å². The maximum absolute atomic E-state index is 12.4. The molecule has 0 unspecified atom stereocenters. The zero-order valence-corrected chi connectivity index (χ0v) is 17.2. The summed E-state index contributed by atoms with van der Waals surface area (Å²) in [6, 6.07) is 1.91. The predicted molar refractivity (Wildman–Crippen MR) is 107 cm³/mol. The quantitative estimate of drug-likeness (QED) is 0.555. The minimum absolute atomic E-state index is 0.262. The molecule has 0 aliphatic rings. The number of aromatic amines is 1. The van der Waals surface area contributed by atoms with Gasteiger partial charge in [-0.2, -0.15) is 0 Å². The number of nitrogens with one attached hydrogen (secondary N) is 1. The zero-order valence-electron chi connectivity index (χ0n) is 13.2. The summed E-state index contributed by atoms with van der Waals surface area (Å²) in [5.74, 6) is -0.188. The van der Waals surface area contributed by atoms with Crippen LogP contribution in [-0.4, -0.2) is 22.5 Å². The van der Waals surface area contributed by atoms with Crippen molar-refractivity contribution in [1.82, 2.24) is 9.97 Å². The van der Waals surface area contributed by atoms with Crippen LogP contribution in [0.15, 0.2) is 20.0 Å². The molecule has 3 heterocycles. The Balaban J connectivity index is 2.08. The van der Waals surface area contributed by atoms with E-state index in [0.717, 1.165) is 20.7 Å². The van der Waals surface area contributed by atoms with Gasteiger partial charge in [0.1, 0.15) is 9.71 Å². The summed E-state index contributed by atoms with van der Waals surface area (Å²) < 4.78 is 6.01. The highest BCUT2D eigenvalue weighted by molar-refractivity contribution is 9.11. The molecule has 0 saturated heterocycles. The minimum Gasteiger partial charge on any atom is -0.462 e. The number of esters is 1. The van der Waals surface area contributed by atoms with Crippen LogP contribution in [0, 0.1) is 6.92 Å². The molecular formula is C16H12BrClN2O3S2. The minimum atomic E-state index is -0.450. The third-order valence-corrected chi connectivity index (χ3v) is 6.35. The lowest BCUT2D eigenvalue weighted by Crippen LogP contribution is -2.10. The van der Waals surface area contributed by atoms with E-state index in [1.54, 1.807) is 19.9 Å². The normalized spacial score (nSPS) is 11.9. The van der Waals surface area contributed by atoms with E-state index in [0.29, 0.717) is 25.7 Å². The Morgan fingerprint density at radius 3 is 2.92 bits per heavy atom. The Kier molecular flexibility index (Phi) is 5.43. The SMILES string of the molecule is CCOC(=O)c1sc2nc(/C(Cl)=C/c3csc(Br)c3)[nH]c(=O)c2c1C. The first-order valence-electron chi connectivity index (χ1n) is 7.22. The summed E-state index contributed by atoms with van der Waals surface area (Å²) in [6.45, 7) is 3.71. The molecule has 3 aromatic heterocycles. The van der Waals surface area contributed by atoms with Crippen LogP contribution in [-0.2, 0) is 4.74 Å². The number of aryl methyl sites for hydroxylation is 1. The molecule has 130 valence electrons. The van der Waals surface area contributed by atoms with E-state index in [4.69, 9.17) is 16.3 Å². The zero-order chi connectivity index (χ0) is 18.1. The topological polar surface area (TPSA) is 72.0 Å². The summed E-state index contributed by atoms with van der Waals surface area (Å²) in [7, 11) is 0. The van der Waals surface area contributed by atoms with Crippen molar-refractivity contribution in [3.8, 4) is 0 Å². The number of halogens is 2. The highest BCUT2D eigenvalue weighted by Crippen LogP contribution is 2.30. The van der Waals surface area contributed by atoms with E-state index in [-0.39, 0.29) is 18.0 Å². The van der Waals surface area contributed by atoms with Gasteiger partial charge in [-0.05, 0) is 58.4 Å². The molecule has 5 nitrogen and oxygen atoms in total. The fraction of sp³-hybridized carbons (Fsp3) is 0.188. The third kappa shape index (κ3) is 3.72. The van der Waals surface area contributed by atoms with Crippen molar-refractivity contribution in [2.24, 2.45) is 0 Å². The standard InChI is InChI=1S/C16H12BrClN2O3S2/c1-3-23-16(22)12-7(2)11-14(21)19-13(20-15(11)25-12)9(18)4-8-5-10(17)24-6-8/h4-6H,3H2,1-2H3,(H,19,20,21)/b9-4-. The predicted octanol–water partition coefficient (Wildman–Crippen LogP) is 5.03. The maximum Gasteiger partial charge on any atom is 0.348 e. The van der Waals surface area contributed by atoms with E-state index >= 15 is 0 Å². The molecule has 9 heteroatoms. The molecule has 3 aromatic rings. The number of aromatic nitrogens is 2. The van der Waals surface area contributed by atoms with Crippen molar-refractivity contribution < 1.29 is 9.53 Å². The first-order chi connectivity index (χ1) is 11.9. The number of hydrogen-bond donors (Lipinski definition) is 1. The molecule has 25 heavy (non-hydrogen) atoms. The van der Waals surface area contributed by atoms with E-state index in [1.807, 2.05) is 11.4 Å². The van der Waals surface area contributed by atoms with E-state index < -0.39 is 5.97 Å². The fourth-order valence-electron chi connectivity index (χ4n) is 2.26. The molecule has 0 amide bonds. The lowest BCUT2D eigenvalue weighted by atomic mass is 10.2. The average Bonchev–Trinajstić information content (AvgIpc) is 3.11. The molecule has 3 rings (SSSR count). The number of hydrogen-bond acceptors (Lipinski definition) is 6. The molecule has 0 aromatic carbocycles. The van der Waals surface area contributed by atoms with Crippen LogP contribution >= 0.6 is 50.2 Å². The van der Waals surface area contributed by atoms with Gasteiger partial charge in [0.15, 0.2) is 5.82 Å². The van der Waals surface area contributed by atoms with Gasteiger partial charge in [0.2, 0.25) is 0 Å². The van der Waals surface area contributed by atoms with Crippen LogP contribution in [0.4, 0.5) is 0 Å². The van der Waals surface area contributed by atoms with Crippen molar-refractivity contribution in [3.63, 3.8) is 0 Å². The summed E-state index contributed by atoms with van der Waals surface area (Å²) in [4.78, 5) is 32.4. The lowest BCUT2D eigenvalue weighted by molar-refractivity contribution is 0.0531. The van der Waals surface area contributed by atoms with Gasteiger partial charge in [-0.3, -0.25) is 4.79 Å². The number of carbonyl (C=O) groups excluding carboxylic acids is 1. The Morgan fingerprint density at radius 2 is 2.28 bits per heavy atom. The molecule has 0 radical (unpaired) electrons. The molecule has 0 aliphatic heterocycles. The average molecular weight is 460 g/mol. The van der Waals surface area contributed by atoms with Crippen LogP contribution < -0.4 is 5.56 Å². The van der Waals surface area contributed by atoms with Gasteiger partial charge < -0.3 is 9.72 Å². The van der Waals surface area contributed by atoms with Gasteiger partial charge >= 0.3 is 5.97 Å². The van der Waals surface area contributed by atoms with Crippen molar-refractivity contribution in [1.29, 1.82) is 0 Å². The van der Waals surface area contributed by atoms with Gasteiger partial charge in [0, 0.05) is 0 Å². The maximum atomic E-state index is 12.4. The van der Waals surface area contributed by atoms with E-state index in [1.165, 1.54) is 11.3 Å². The van der Waals surface area contributed by atoms with Gasteiger partial charge in [0.25, 0.3) is 5.56 Å². The molecule has 0 atom stereocenters. The molecule has 0 saturated carbocycles. The van der Waals surface area contributed by atoms with Crippen molar-refractivity contribution in [2.45, 2.75) is 13.8 Å². The highest BCUT2D eigenvalue weighted by atomic mass is 79.9. The molecule has 1 N–H and O–H groups in total. The summed E-state index contributed by atoms with van der Waals surface area (Å²) >= 11 is 12.4. The Labute approximate surface area is 164 Å². The summed E-state index contributed by atoms with van der Waals surface area (Å²) in [5, 5.41) is 2.63. The van der Waals surface area contributed by atoms with Crippen molar-refractivity contribution in [2.75, 3.05) is 6.61 Å². The van der Waals surface area contributed by atoms with Crippen molar-refractivity contribution in [3.05, 3.63) is 47.4 Å². The fourth-order valence-corrected chi connectivity index (χ4v) is 4.69. The van der Waals surface area contributed by atoms with Gasteiger partial charge in [-0.15, -0.1) is 22.7 Å². The Morgan fingerprint density at radius 1 is 1.52 bits per heavy atom. The van der Waals surface area contributed by atoms with Gasteiger partial charge in [-0.1, -0.05) is 11.6 Å². The third-order valence-electron chi connectivity index (χ3n) is 3.37. The molecule has 0 bridgehead atoms. The van der Waals surface area contributed by atoms with Crippen molar-refractivity contribution >= 4 is 77.5 Å². The molecule has 0 spiro atoms. The smallest absolute Gasteiger partial charge is 0.348 e. The first-order valence-corrected chi connectivity index (χ1v) is 10.1. The Hall–Kier alpha value is -1.48. The largest absolute Gasteiger partial charge is 0.462 e. The van der Waals surface area contributed by atoms with Crippen LogP contribution in [0.25, 0.3) is 21.3 Å². The Bertz CT molecular complexity index is 1050. The second-order valence-electron chi connectivity index (χ2n) is 5.05. The number of H-pyrrole nitrogens is 1. The van der Waals surface area contributed by atoms with Gasteiger partial charge in [0.05, 0.1) is 20.8 Å². The van der Waals surface area contributed by atoms with Crippen LogP contribution in [0.5, 0.6) is 0 Å². The van der Waals surface area contributed by atoms with Gasteiger partial charge in [-0.25, -0.2) is 9.78 Å². The summed E-state index contributed by atoms with van der Waals surface area (Å²) in [5.41, 5.74) is 1.14. The highest BCUT2D eigenvalue weighted by Gasteiger charge is 2.20. The number of nitrogens with zero attached hydrogens (tertiary/aromatic N) is 1. The second kappa shape index (κ2) is 7.41. The molecular weight excluding hydrogens is 448 g/mol. The summed E-state index contributed by atoms with van der Waals surface area (Å²) in [6.07, 6.45) is 1.72. The van der Waals surface area contributed by atoms with E-state index in [9.17, 15) is 9.59 Å². The monoisotopic (exact) mass is 458 g/mol. The second-order valence-corrected chi connectivity index (χ2v) is 8.74. The van der Waals surface area contributed by atoms with Crippen LogP contribution in [0.1, 0.15) is 33.5 Å². The first kappa shape index (κ1) is 18.3. The number of rotatable bonds is 4.